The summed E-state index contributed by atoms with van der Waals surface area (Å²) < 4.78 is 7.59. The monoisotopic (exact) mass is 462 g/mol. The van der Waals surface area contributed by atoms with Gasteiger partial charge in [0.2, 0.25) is 0 Å². The molecule has 2 aromatic carbocycles. The number of rotatable bonds is 4. The minimum atomic E-state index is 0. The van der Waals surface area contributed by atoms with Crippen molar-refractivity contribution in [2.45, 2.75) is 0 Å². The van der Waals surface area contributed by atoms with Gasteiger partial charge in [-0.15, -0.1) is 12.4 Å². The van der Waals surface area contributed by atoms with Gasteiger partial charge in [0.15, 0.2) is 0 Å². The summed E-state index contributed by atoms with van der Waals surface area (Å²) in [4.78, 5) is 22.5. The van der Waals surface area contributed by atoms with Crippen molar-refractivity contribution < 1.29 is 9.53 Å². The maximum atomic E-state index is 13.9. The second kappa shape index (κ2) is 9.55. The molecule has 1 amide bonds. The van der Waals surface area contributed by atoms with Crippen LogP contribution in [0.15, 0.2) is 72.9 Å². The number of aromatic nitrogens is 2. The Bertz CT molecular complexity index is 1250. The molecule has 0 unspecified atom stereocenters. The van der Waals surface area contributed by atoms with Gasteiger partial charge in [0.1, 0.15) is 11.6 Å². The van der Waals surface area contributed by atoms with Crippen molar-refractivity contribution in [2.75, 3.05) is 38.2 Å². The minimum Gasteiger partial charge on any atom is -0.497 e. The van der Waals surface area contributed by atoms with Crippen molar-refractivity contribution in [3.8, 4) is 17.0 Å². The Hall–Kier alpha value is -3.51. The predicted octanol–water partition coefficient (Wildman–Crippen LogP) is 4.63. The minimum absolute atomic E-state index is 0. The van der Waals surface area contributed by atoms with Gasteiger partial charge in [-0.25, -0.2) is 4.98 Å². The Balaban J connectivity index is 0.00000259. The van der Waals surface area contributed by atoms with Gasteiger partial charge >= 0.3 is 0 Å². The molecule has 0 aliphatic carbocycles. The van der Waals surface area contributed by atoms with Gasteiger partial charge in [-0.2, -0.15) is 0 Å². The zero-order valence-electron chi connectivity index (χ0n) is 18.8. The Labute approximate surface area is 199 Å². The Kier molecular flexibility index (Phi) is 6.56. The molecule has 0 spiro atoms. The van der Waals surface area contributed by atoms with E-state index in [4.69, 9.17) is 4.74 Å². The first-order chi connectivity index (χ1) is 15.7. The van der Waals surface area contributed by atoms with Crippen molar-refractivity contribution in [3.63, 3.8) is 0 Å². The third kappa shape index (κ3) is 4.14. The lowest BCUT2D eigenvalue weighted by atomic mass is 10.0. The average Bonchev–Trinajstić information content (AvgIpc) is 3.16. The molecule has 1 fully saturated rings. The van der Waals surface area contributed by atoms with Crippen LogP contribution in [0.2, 0.25) is 0 Å². The van der Waals surface area contributed by atoms with Gasteiger partial charge in [0.25, 0.3) is 5.91 Å². The van der Waals surface area contributed by atoms with E-state index in [-0.39, 0.29) is 18.3 Å². The fourth-order valence-electron chi connectivity index (χ4n) is 4.54. The quantitative estimate of drug-likeness (QED) is 0.443. The largest absolute Gasteiger partial charge is 0.497 e. The molecule has 1 saturated heterocycles. The summed E-state index contributed by atoms with van der Waals surface area (Å²) in [7, 11) is 3.67. The standard InChI is InChI=1S/C26H26N4O2.ClH/c1-28-22-12-11-20(32-2)18-21(22)24(25(28)19-8-4-3-5-9-19)26(31)30-16-14-29(15-17-30)23-10-6-7-13-27-23;/h3-13,18H,14-17H2,1-2H3;1H. The van der Waals surface area contributed by atoms with E-state index in [0.717, 1.165) is 52.4 Å². The summed E-state index contributed by atoms with van der Waals surface area (Å²) in [5.41, 5.74) is 3.71. The van der Waals surface area contributed by atoms with E-state index in [1.165, 1.54) is 0 Å². The fourth-order valence-corrected chi connectivity index (χ4v) is 4.54. The van der Waals surface area contributed by atoms with Crippen LogP contribution in [0.1, 0.15) is 10.4 Å². The molecule has 33 heavy (non-hydrogen) atoms. The highest BCUT2D eigenvalue weighted by atomic mass is 35.5. The van der Waals surface area contributed by atoms with Crippen LogP contribution >= 0.6 is 12.4 Å². The molecule has 0 N–H and O–H groups in total. The summed E-state index contributed by atoms with van der Waals surface area (Å²) in [5.74, 6) is 1.76. The molecule has 6 nitrogen and oxygen atoms in total. The van der Waals surface area contributed by atoms with Crippen LogP contribution in [0.25, 0.3) is 22.2 Å². The van der Waals surface area contributed by atoms with Crippen molar-refractivity contribution >= 4 is 35.0 Å². The highest BCUT2D eigenvalue weighted by Gasteiger charge is 2.29. The molecular formula is C26H27ClN4O2. The molecule has 1 aliphatic heterocycles. The van der Waals surface area contributed by atoms with E-state index in [9.17, 15) is 4.79 Å². The zero-order valence-corrected chi connectivity index (χ0v) is 19.6. The molecule has 2 aromatic heterocycles. The first-order valence-electron chi connectivity index (χ1n) is 10.8. The van der Waals surface area contributed by atoms with E-state index >= 15 is 0 Å². The number of piperazine rings is 1. The Morgan fingerprint density at radius 2 is 1.67 bits per heavy atom. The molecule has 0 radical (unpaired) electrons. The summed E-state index contributed by atoms with van der Waals surface area (Å²) in [6.45, 7) is 2.84. The highest BCUT2D eigenvalue weighted by molar-refractivity contribution is 6.13. The van der Waals surface area contributed by atoms with Crippen LogP contribution in [-0.4, -0.2) is 53.6 Å². The molecule has 4 aromatic rings. The number of halogens is 1. The molecule has 7 heteroatoms. The number of pyridine rings is 1. The Morgan fingerprint density at radius 1 is 0.939 bits per heavy atom. The van der Waals surface area contributed by atoms with Crippen LogP contribution in [-0.2, 0) is 7.05 Å². The summed E-state index contributed by atoms with van der Waals surface area (Å²) in [6, 6.07) is 22.0. The number of hydrogen-bond acceptors (Lipinski definition) is 4. The van der Waals surface area contributed by atoms with Crippen LogP contribution in [0, 0.1) is 0 Å². The van der Waals surface area contributed by atoms with Gasteiger partial charge in [0.05, 0.1) is 18.4 Å². The number of aryl methyl sites for hydroxylation is 1. The number of nitrogens with zero attached hydrogens (tertiary/aromatic N) is 4. The number of hydrogen-bond donors (Lipinski definition) is 0. The smallest absolute Gasteiger partial charge is 0.256 e. The van der Waals surface area contributed by atoms with Crippen molar-refractivity contribution in [3.05, 3.63) is 78.5 Å². The van der Waals surface area contributed by atoms with Crippen LogP contribution in [0.5, 0.6) is 5.75 Å². The molecule has 0 bridgehead atoms. The first kappa shape index (κ1) is 22.7. The summed E-state index contributed by atoms with van der Waals surface area (Å²) in [6.07, 6.45) is 1.81. The lowest BCUT2D eigenvalue weighted by Crippen LogP contribution is -2.49. The zero-order chi connectivity index (χ0) is 22.1. The molecule has 0 atom stereocenters. The molecule has 3 heterocycles. The number of carbonyl (C=O) groups excluding carboxylic acids is 1. The van der Waals surface area contributed by atoms with Gasteiger partial charge in [-0.3, -0.25) is 4.79 Å². The van der Waals surface area contributed by atoms with Crippen LogP contribution in [0.4, 0.5) is 5.82 Å². The van der Waals surface area contributed by atoms with Crippen molar-refractivity contribution in [1.82, 2.24) is 14.5 Å². The highest BCUT2D eigenvalue weighted by Crippen LogP contribution is 2.36. The van der Waals surface area contributed by atoms with Crippen LogP contribution < -0.4 is 9.64 Å². The molecule has 5 rings (SSSR count). The third-order valence-electron chi connectivity index (χ3n) is 6.21. The van der Waals surface area contributed by atoms with E-state index in [0.29, 0.717) is 13.1 Å². The topological polar surface area (TPSA) is 50.6 Å². The average molecular weight is 463 g/mol. The number of benzene rings is 2. The predicted molar refractivity (Wildman–Crippen MR) is 135 cm³/mol. The number of carbonyl (C=O) groups is 1. The maximum Gasteiger partial charge on any atom is 0.256 e. The number of ether oxygens (including phenoxy) is 1. The van der Waals surface area contributed by atoms with E-state index in [2.05, 4.69) is 26.6 Å². The fraction of sp³-hybridized carbons (Fsp3) is 0.231. The number of anilines is 1. The van der Waals surface area contributed by atoms with E-state index in [1.54, 1.807) is 7.11 Å². The van der Waals surface area contributed by atoms with Gasteiger partial charge in [-0.05, 0) is 35.9 Å². The molecule has 1 aliphatic rings. The number of fused-ring (bicyclic) bond motifs is 1. The number of methoxy groups -OCH3 is 1. The number of amides is 1. The molecule has 0 saturated carbocycles. The van der Waals surface area contributed by atoms with Gasteiger partial charge < -0.3 is 19.1 Å². The normalized spacial score (nSPS) is 13.6. The second-order valence-electron chi connectivity index (χ2n) is 8.00. The van der Waals surface area contributed by atoms with Crippen molar-refractivity contribution in [2.24, 2.45) is 7.05 Å². The van der Waals surface area contributed by atoms with Gasteiger partial charge in [0, 0.05) is 50.3 Å². The Morgan fingerprint density at radius 3 is 2.33 bits per heavy atom. The van der Waals surface area contributed by atoms with Crippen molar-refractivity contribution in [1.29, 1.82) is 0 Å². The summed E-state index contributed by atoms with van der Waals surface area (Å²) >= 11 is 0. The summed E-state index contributed by atoms with van der Waals surface area (Å²) in [5, 5.41) is 0.919. The van der Waals surface area contributed by atoms with E-state index < -0.39 is 0 Å². The van der Waals surface area contributed by atoms with Gasteiger partial charge in [-0.1, -0.05) is 36.4 Å². The van der Waals surface area contributed by atoms with E-state index in [1.807, 2.05) is 72.7 Å². The molecular weight excluding hydrogens is 436 g/mol. The third-order valence-corrected chi connectivity index (χ3v) is 6.21. The lowest BCUT2D eigenvalue weighted by Gasteiger charge is -2.35. The SMILES string of the molecule is COc1ccc2c(c1)c(C(=O)N1CCN(c3ccccn3)CC1)c(-c1ccccc1)n2C.Cl. The lowest BCUT2D eigenvalue weighted by molar-refractivity contribution is 0.0749. The maximum absolute atomic E-state index is 13.9. The first-order valence-corrected chi connectivity index (χ1v) is 10.8. The molecule has 170 valence electrons. The second-order valence-corrected chi connectivity index (χ2v) is 8.00. The van der Waals surface area contributed by atoms with Crippen LogP contribution in [0.3, 0.4) is 0 Å².